The highest BCUT2D eigenvalue weighted by atomic mass is 16.5. The van der Waals surface area contributed by atoms with Crippen LogP contribution in [0, 0.1) is 0 Å². The van der Waals surface area contributed by atoms with Crippen LogP contribution in [0.5, 0.6) is 0 Å². The molecule has 0 aliphatic carbocycles. The lowest BCUT2D eigenvalue weighted by atomic mass is 10.0. The smallest absolute Gasteiger partial charge is 0.252 e. The van der Waals surface area contributed by atoms with Gasteiger partial charge in [-0.3, -0.25) is 14.4 Å². The van der Waals surface area contributed by atoms with E-state index in [1.165, 1.54) is 0 Å². The summed E-state index contributed by atoms with van der Waals surface area (Å²) in [5.74, 6) is 1.32. The minimum Gasteiger partial charge on any atom is -0.368 e. The highest BCUT2D eigenvalue weighted by molar-refractivity contribution is 5.89. The number of nitrogens with one attached hydrogen (secondary N) is 3. The van der Waals surface area contributed by atoms with Crippen molar-refractivity contribution in [3.8, 4) is 33.6 Å². The van der Waals surface area contributed by atoms with Crippen LogP contribution in [-0.2, 0) is 19.1 Å². The molecule has 5 heterocycles. The van der Waals surface area contributed by atoms with Crippen molar-refractivity contribution in [2.75, 3.05) is 40.3 Å². The van der Waals surface area contributed by atoms with E-state index in [0.29, 0.717) is 13.2 Å². The molecule has 3 fully saturated rings. The molecule has 0 saturated carbocycles. The number of likely N-dealkylation sites (tertiary alicyclic amines) is 2. The molecule has 3 amide bonds. The van der Waals surface area contributed by atoms with E-state index in [9.17, 15) is 14.4 Å². The molecule has 0 radical (unpaired) electrons. The first kappa shape index (κ1) is 36.4. The van der Waals surface area contributed by atoms with E-state index in [1.807, 2.05) is 66.6 Å². The fourth-order valence-corrected chi connectivity index (χ4v) is 8.16. The zero-order valence-corrected chi connectivity index (χ0v) is 31.4. The Bertz CT molecular complexity index is 2100. The predicted molar refractivity (Wildman–Crippen MR) is 209 cm³/mol. The molecule has 55 heavy (non-hydrogen) atoms. The lowest BCUT2D eigenvalue weighted by Crippen LogP contribution is -2.45. The van der Waals surface area contributed by atoms with Crippen molar-refractivity contribution in [2.45, 2.75) is 62.8 Å². The highest BCUT2D eigenvalue weighted by Gasteiger charge is 2.38. The quantitative estimate of drug-likeness (QED) is 0.150. The minimum absolute atomic E-state index is 0.0481. The fourth-order valence-electron chi connectivity index (χ4n) is 8.16. The molecule has 3 aromatic carbocycles. The van der Waals surface area contributed by atoms with Gasteiger partial charge in [-0.05, 0) is 74.9 Å². The Morgan fingerprint density at radius 2 is 1.47 bits per heavy atom. The van der Waals surface area contributed by atoms with Gasteiger partial charge in [0.2, 0.25) is 11.8 Å². The number of hydrogen-bond donors (Lipinski definition) is 3. The zero-order chi connectivity index (χ0) is 37.9. The van der Waals surface area contributed by atoms with E-state index >= 15 is 0 Å². The molecule has 4 atom stereocenters. The molecule has 3 N–H and O–H groups in total. The van der Waals surface area contributed by atoms with Crippen LogP contribution in [0.1, 0.15) is 73.9 Å². The molecule has 3 aliphatic heterocycles. The summed E-state index contributed by atoms with van der Waals surface area (Å²) in [7, 11) is 3.66. The Balaban J connectivity index is 0.926. The monoisotopic (exact) mass is 740 g/mol. The van der Waals surface area contributed by atoms with Crippen molar-refractivity contribution < 1.29 is 19.1 Å². The van der Waals surface area contributed by atoms with Gasteiger partial charge < -0.3 is 34.7 Å². The number of aromatic nitrogens is 4. The molecule has 5 aromatic rings. The van der Waals surface area contributed by atoms with Gasteiger partial charge in [-0.15, -0.1) is 0 Å². The van der Waals surface area contributed by atoms with Crippen molar-refractivity contribution in [2.24, 2.45) is 0 Å². The number of imidazole rings is 2. The third kappa shape index (κ3) is 7.83. The molecule has 0 unspecified atom stereocenters. The van der Waals surface area contributed by atoms with Gasteiger partial charge in [-0.2, -0.15) is 0 Å². The number of aromatic amines is 2. The molecule has 284 valence electrons. The summed E-state index contributed by atoms with van der Waals surface area (Å²) in [5, 5.41) is 2.98. The van der Waals surface area contributed by atoms with Crippen molar-refractivity contribution >= 4 is 17.7 Å². The van der Waals surface area contributed by atoms with Gasteiger partial charge in [0.05, 0.1) is 36.2 Å². The van der Waals surface area contributed by atoms with Crippen molar-refractivity contribution in [1.29, 1.82) is 0 Å². The Labute approximate surface area is 321 Å². The molecular weight excluding hydrogens is 693 g/mol. The van der Waals surface area contributed by atoms with Gasteiger partial charge in [-0.25, -0.2) is 9.97 Å². The fraction of sp³-hybridized carbons (Fsp3) is 0.372. The minimum atomic E-state index is -0.779. The molecule has 12 heteroatoms. The number of H-pyrrole nitrogens is 2. The van der Waals surface area contributed by atoms with Crippen LogP contribution in [0.25, 0.3) is 33.6 Å². The zero-order valence-electron chi connectivity index (χ0n) is 31.4. The van der Waals surface area contributed by atoms with Gasteiger partial charge in [-0.1, -0.05) is 78.9 Å². The first-order chi connectivity index (χ1) is 26.8. The number of amides is 3. The number of likely N-dealkylation sites (N-methyl/N-ethyl adjacent to an activating group) is 1. The van der Waals surface area contributed by atoms with E-state index in [1.54, 1.807) is 4.90 Å². The van der Waals surface area contributed by atoms with Crippen LogP contribution in [0.2, 0.25) is 0 Å². The average Bonchev–Trinajstić information content (AvgIpc) is 4.05. The van der Waals surface area contributed by atoms with Gasteiger partial charge in [0.15, 0.2) is 0 Å². The second-order valence-corrected chi connectivity index (χ2v) is 15.0. The second-order valence-electron chi connectivity index (χ2n) is 15.0. The van der Waals surface area contributed by atoms with Crippen LogP contribution >= 0.6 is 0 Å². The van der Waals surface area contributed by atoms with Crippen LogP contribution in [0.4, 0.5) is 0 Å². The maximum absolute atomic E-state index is 14.1. The van der Waals surface area contributed by atoms with Crippen molar-refractivity contribution in [3.63, 3.8) is 0 Å². The first-order valence-electron chi connectivity index (χ1n) is 19.4. The van der Waals surface area contributed by atoms with Gasteiger partial charge in [0, 0.05) is 31.5 Å². The van der Waals surface area contributed by atoms with Crippen molar-refractivity contribution in [1.82, 2.24) is 40.0 Å². The lowest BCUT2D eigenvalue weighted by Gasteiger charge is -2.29. The molecule has 2 aromatic heterocycles. The Morgan fingerprint density at radius 3 is 2.15 bits per heavy atom. The Morgan fingerprint density at radius 1 is 0.818 bits per heavy atom. The summed E-state index contributed by atoms with van der Waals surface area (Å²) in [6.07, 6.45) is 8.67. The van der Waals surface area contributed by atoms with E-state index in [0.717, 1.165) is 95.9 Å². The SMILES string of the molecule is CN(C)CC(=O)N[C@@H](C(=O)N1CCC[C@H]1c1ncc(-c2ccc(-c3ccc(-c4c[nH]c([C@@H]5CCCN5C(=O)[C@H]5CCCO5)n4)cc3)cc2)[nH]1)c1ccccc1. The summed E-state index contributed by atoms with van der Waals surface area (Å²) in [6.45, 7) is 2.19. The summed E-state index contributed by atoms with van der Waals surface area (Å²) in [4.78, 5) is 62.1. The standard InChI is InChI=1S/C43H48N8O4/c1-49(2)27-38(52)48-39(32-9-4-3-5-10-32)43(54)51-23-7-12-36(51)41-45-26-34(47-41)31-20-16-29(17-21-31)28-14-18-30(19-15-28)33-25-44-40(46-33)35-11-6-22-50(35)42(53)37-13-8-24-55-37/h3-5,9-10,14-21,25-26,35-37,39H,6-8,11-13,22-24,27H2,1-2H3,(H,44,46)(H,45,47)(H,48,52)/t35-,36-,37+,39+/m0/s1. The molecule has 3 saturated heterocycles. The molecule has 0 bridgehead atoms. The molecule has 12 nitrogen and oxygen atoms in total. The normalized spacial score (nSPS) is 20.3. The first-order valence-corrected chi connectivity index (χ1v) is 19.4. The summed E-state index contributed by atoms with van der Waals surface area (Å²) < 4.78 is 5.68. The van der Waals surface area contributed by atoms with E-state index in [-0.39, 0.29) is 42.5 Å². The number of carbonyl (C=O) groups excluding carboxylic acids is 3. The predicted octanol–water partition coefficient (Wildman–Crippen LogP) is 6.06. The molecule has 0 spiro atoms. The second kappa shape index (κ2) is 16.0. The number of carbonyl (C=O) groups is 3. The van der Waals surface area contributed by atoms with Crippen LogP contribution in [0.3, 0.4) is 0 Å². The van der Waals surface area contributed by atoms with Crippen LogP contribution < -0.4 is 5.32 Å². The van der Waals surface area contributed by atoms with Crippen LogP contribution in [0.15, 0.2) is 91.3 Å². The third-order valence-electron chi connectivity index (χ3n) is 11.0. The topological polar surface area (TPSA) is 140 Å². The number of nitrogens with zero attached hydrogens (tertiary/aromatic N) is 5. The maximum atomic E-state index is 14.1. The van der Waals surface area contributed by atoms with E-state index in [4.69, 9.17) is 14.7 Å². The van der Waals surface area contributed by atoms with Gasteiger partial charge in [0.1, 0.15) is 23.8 Å². The summed E-state index contributed by atoms with van der Waals surface area (Å²) >= 11 is 0. The van der Waals surface area contributed by atoms with E-state index < -0.39 is 6.04 Å². The summed E-state index contributed by atoms with van der Waals surface area (Å²) in [6, 6.07) is 25.1. The van der Waals surface area contributed by atoms with Gasteiger partial charge in [0.25, 0.3) is 5.91 Å². The van der Waals surface area contributed by atoms with Gasteiger partial charge >= 0.3 is 0 Å². The molecular formula is C43H48N8O4. The average molecular weight is 741 g/mol. The summed E-state index contributed by atoms with van der Waals surface area (Å²) in [5.41, 5.74) is 6.67. The largest absolute Gasteiger partial charge is 0.368 e. The molecule has 3 aliphatic rings. The third-order valence-corrected chi connectivity index (χ3v) is 11.0. The lowest BCUT2D eigenvalue weighted by molar-refractivity contribution is -0.142. The Kier molecular flexibility index (Phi) is 10.6. The van der Waals surface area contributed by atoms with Crippen molar-refractivity contribution in [3.05, 3.63) is 108 Å². The van der Waals surface area contributed by atoms with Crippen LogP contribution in [-0.4, -0.2) is 98.8 Å². The Hall–Kier alpha value is -5.59. The maximum Gasteiger partial charge on any atom is 0.252 e. The highest BCUT2D eigenvalue weighted by Crippen LogP contribution is 2.36. The molecule has 8 rings (SSSR count). The number of rotatable bonds is 11. The van der Waals surface area contributed by atoms with E-state index in [2.05, 4.69) is 63.8 Å². The number of ether oxygens (including phenoxy) is 1. The number of benzene rings is 3. The number of hydrogen-bond acceptors (Lipinski definition) is 7.